The van der Waals surface area contributed by atoms with Crippen molar-refractivity contribution in [1.82, 2.24) is 0 Å². The summed E-state index contributed by atoms with van der Waals surface area (Å²) in [6.45, 7) is 4.07. The van der Waals surface area contributed by atoms with Crippen LogP contribution in [-0.4, -0.2) is 18.0 Å². The van der Waals surface area contributed by atoms with Crippen LogP contribution < -0.4 is 0 Å². The largest absolute Gasteiger partial charge is 0.381 e. The molecule has 80 valence electrons. The van der Waals surface area contributed by atoms with E-state index in [4.69, 9.17) is 4.74 Å². The zero-order valence-corrected chi connectivity index (χ0v) is 9.90. The van der Waals surface area contributed by atoms with Crippen LogP contribution in [0.3, 0.4) is 0 Å². The first-order valence-corrected chi connectivity index (χ1v) is 6.45. The number of hydrogen-bond donors (Lipinski definition) is 0. The minimum absolute atomic E-state index is 0.467. The highest BCUT2D eigenvalue weighted by Gasteiger charge is 2.39. The van der Waals surface area contributed by atoms with Gasteiger partial charge < -0.3 is 4.74 Å². The van der Waals surface area contributed by atoms with Gasteiger partial charge in [-0.1, -0.05) is 17.7 Å². The van der Waals surface area contributed by atoms with Crippen LogP contribution in [0.2, 0.25) is 0 Å². The highest BCUT2D eigenvalue weighted by Crippen LogP contribution is 2.50. The monoisotopic (exact) mass is 220 g/mol. The molecule has 0 bridgehead atoms. The average Bonchev–Trinajstić information content (AvgIpc) is 2.56. The van der Waals surface area contributed by atoms with E-state index in [0.29, 0.717) is 4.75 Å². The molecule has 1 aromatic carbocycles. The number of hydrogen-bond acceptors (Lipinski definition) is 2. The first-order chi connectivity index (χ1) is 7.27. The normalized spacial score (nSPS) is 23.0. The van der Waals surface area contributed by atoms with Gasteiger partial charge in [0.1, 0.15) is 0 Å². The molecule has 0 radical (unpaired) electrons. The molecule has 0 aliphatic carbocycles. The van der Waals surface area contributed by atoms with E-state index in [1.165, 1.54) is 29.7 Å². The summed E-state index contributed by atoms with van der Waals surface area (Å²) in [7, 11) is 0. The molecule has 1 aromatic rings. The third-order valence-corrected chi connectivity index (χ3v) is 5.06. The molecule has 2 aliphatic heterocycles. The number of benzene rings is 1. The number of aryl methyl sites for hydroxylation is 1. The Morgan fingerprint density at radius 3 is 2.87 bits per heavy atom. The zero-order valence-electron chi connectivity index (χ0n) is 9.08. The van der Waals surface area contributed by atoms with E-state index >= 15 is 0 Å². The fraction of sp³-hybridized carbons (Fsp3) is 0.538. The van der Waals surface area contributed by atoms with E-state index in [9.17, 15) is 0 Å². The maximum Gasteiger partial charge on any atom is 0.0479 e. The van der Waals surface area contributed by atoms with Crippen LogP contribution in [0, 0.1) is 6.92 Å². The van der Waals surface area contributed by atoms with Crippen LogP contribution in [0.4, 0.5) is 0 Å². The van der Waals surface area contributed by atoms with Gasteiger partial charge in [0.2, 0.25) is 0 Å². The van der Waals surface area contributed by atoms with Gasteiger partial charge in [0.25, 0.3) is 0 Å². The fourth-order valence-electron chi connectivity index (χ4n) is 2.58. The van der Waals surface area contributed by atoms with E-state index in [1.54, 1.807) is 5.56 Å². The SMILES string of the molecule is Cc1ccc2c(c1)CC1(CCOCC1)S2. The minimum Gasteiger partial charge on any atom is -0.381 e. The average molecular weight is 220 g/mol. The summed E-state index contributed by atoms with van der Waals surface area (Å²) in [5.41, 5.74) is 2.94. The maximum absolute atomic E-state index is 5.47. The van der Waals surface area contributed by atoms with Crippen molar-refractivity contribution in [3.8, 4) is 0 Å². The van der Waals surface area contributed by atoms with Crippen LogP contribution in [0.15, 0.2) is 23.1 Å². The van der Waals surface area contributed by atoms with Crippen LogP contribution >= 0.6 is 11.8 Å². The Morgan fingerprint density at radius 2 is 2.07 bits per heavy atom. The van der Waals surface area contributed by atoms with E-state index in [-0.39, 0.29) is 0 Å². The van der Waals surface area contributed by atoms with E-state index in [0.717, 1.165) is 13.2 Å². The molecule has 2 heterocycles. The molecule has 1 nitrogen and oxygen atoms in total. The van der Waals surface area contributed by atoms with Crippen LogP contribution in [0.5, 0.6) is 0 Å². The summed E-state index contributed by atoms with van der Waals surface area (Å²) < 4.78 is 5.93. The molecule has 2 aliphatic rings. The minimum atomic E-state index is 0.467. The Balaban J connectivity index is 1.90. The van der Waals surface area contributed by atoms with Crippen molar-refractivity contribution >= 4 is 11.8 Å². The number of rotatable bonds is 0. The first-order valence-electron chi connectivity index (χ1n) is 5.64. The molecule has 3 rings (SSSR count). The lowest BCUT2D eigenvalue weighted by Gasteiger charge is -2.32. The molecule has 0 atom stereocenters. The number of ether oxygens (including phenoxy) is 1. The summed E-state index contributed by atoms with van der Waals surface area (Å²) in [6.07, 6.45) is 3.68. The second-order valence-electron chi connectivity index (χ2n) is 4.69. The summed E-state index contributed by atoms with van der Waals surface area (Å²) in [4.78, 5) is 1.50. The van der Waals surface area contributed by atoms with Gasteiger partial charge in [-0.15, -0.1) is 11.8 Å². The van der Waals surface area contributed by atoms with Crippen molar-refractivity contribution in [1.29, 1.82) is 0 Å². The number of fused-ring (bicyclic) bond motifs is 1. The lowest BCUT2D eigenvalue weighted by molar-refractivity contribution is 0.0782. The number of thioether (sulfide) groups is 1. The van der Waals surface area contributed by atoms with Gasteiger partial charge in [-0.2, -0.15) is 0 Å². The zero-order chi connectivity index (χ0) is 10.3. The van der Waals surface area contributed by atoms with Gasteiger partial charge in [-0.25, -0.2) is 0 Å². The quantitative estimate of drug-likeness (QED) is 0.664. The van der Waals surface area contributed by atoms with E-state index in [1.807, 2.05) is 0 Å². The molecule has 0 aromatic heterocycles. The Bertz CT molecular complexity index is 380. The Hall–Kier alpha value is -0.470. The Kier molecular flexibility index (Phi) is 2.29. The van der Waals surface area contributed by atoms with Crippen molar-refractivity contribution in [2.75, 3.05) is 13.2 Å². The molecule has 0 amide bonds. The van der Waals surface area contributed by atoms with Crippen molar-refractivity contribution in [3.63, 3.8) is 0 Å². The lowest BCUT2D eigenvalue weighted by atomic mass is 9.91. The topological polar surface area (TPSA) is 9.23 Å². The summed E-state index contributed by atoms with van der Waals surface area (Å²) in [5.74, 6) is 0. The second-order valence-corrected chi connectivity index (χ2v) is 6.20. The van der Waals surface area contributed by atoms with Crippen LogP contribution in [0.25, 0.3) is 0 Å². The molecular weight excluding hydrogens is 204 g/mol. The van der Waals surface area contributed by atoms with Crippen LogP contribution in [0.1, 0.15) is 24.0 Å². The van der Waals surface area contributed by atoms with Crippen molar-refractivity contribution in [3.05, 3.63) is 29.3 Å². The molecule has 0 unspecified atom stereocenters. The molecule has 1 saturated heterocycles. The molecule has 2 heteroatoms. The van der Waals surface area contributed by atoms with E-state index in [2.05, 4.69) is 36.9 Å². The van der Waals surface area contributed by atoms with Gasteiger partial charge in [0.05, 0.1) is 0 Å². The molecule has 1 spiro atoms. The highest BCUT2D eigenvalue weighted by atomic mass is 32.2. The van der Waals surface area contributed by atoms with Crippen LogP contribution in [-0.2, 0) is 11.2 Å². The Morgan fingerprint density at radius 1 is 1.27 bits per heavy atom. The maximum atomic E-state index is 5.47. The van der Waals surface area contributed by atoms with Crippen molar-refractivity contribution in [2.45, 2.75) is 35.8 Å². The third kappa shape index (κ3) is 1.70. The smallest absolute Gasteiger partial charge is 0.0479 e. The van der Waals surface area contributed by atoms with Crippen molar-refractivity contribution in [2.24, 2.45) is 0 Å². The van der Waals surface area contributed by atoms with Crippen molar-refractivity contribution < 1.29 is 4.74 Å². The molecule has 15 heavy (non-hydrogen) atoms. The predicted molar refractivity (Wildman–Crippen MR) is 63.5 cm³/mol. The molecular formula is C13H16OS. The van der Waals surface area contributed by atoms with Gasteiger partial charge in [0, 0.05) is 22.9 Å². The predicted octanol–water partition coefficient (Wildman–Crippen LogP) is 3.19. The standard InChI is InChI=1S/C13H16OS/c1-10-2-3-12-11(8-10)9-13(15-12)4-6-14-7-5-13/h2-3,8H,4-7,9H2,1H3. The van der Waals surface area contributed by atoms with Gasteiger partial charge in [-0.05, 0) is 37.8 Å². The van der Waals surface area contributed by atoms with E-state index < -0.39 is 0 Å². The molecule has 0 saturated carbocycles. The summed E-state index contributed by atoms with van der Waals surface area (Å²) in [6, 6.07) is 6.87. The first kappa shape index (κ1) is 9.73. The van der Waals surface area contributed by atoms with Gasteiger partial charge in [0.15, 0.2) is 0 Å². The molecule has 1 fully saturated rings. The summed E-state index contributed by atoms with van der Waals surface area (Å²) in [5, 5.41) is 0. The third-order valence-electron chi connectivity index (χ3n) is 3.46. The Labute approximate surface area is 95.2 Å². The highest BCUT2D eigenvalue weighted by molar-refractivity contribution is 8.01. The summed E-state index contributed by atoms with van der Waals surface area (Å²) >= 11 is 2.09. The fourth-order valence-corrected chi connectivity index (χ4v) is 4.05. The molecule has 0 N–H and O–H groups in total. The van der Waals surface area contributed by atoms with Gasteiger partial charge in [-0.3, -0.25) is 0 Å². The van der Waals surface area contributed by atoms with Gasteiger partial charge >= 0.3 is 0 Å². The lowest BCUT2D eigenvalue weighted by Crippen LogP contribution is -2.32. The second kappa shape index (κ2) is 3.53.